The van der Waals surface area contributed by atoms with Crippen molar-refractivity contribution < 1.29 is 0 Å². The Kier molecular flexibility index (Phi) is 2.27. The van der Waals surface area contributed by atoms with Crippen molar-refractivity contribution in [2.75, 3.05) is 0 Å². The van der Waals surface area contributed by atoms with Gasteiger partial charge in [0, 0.05) is 5.56 Å². The molecule has 2 heterocycles. The Morgan fingerprint density at radius 3 is 2.81 bits per heavy atom. The smallest absolute Gasteiger partial charge is 0.161 e. The predicted molar refractivity (Wildman–Crippen MR) is 68.0 cm³/mol. The third-order valence-corrected chi connectivity index (χ3v) is 3.37. The fourth-order valence-electron chi connectivity index (χ4n) is 1.48. The summed E-state index contributed by atoms with van der Waals surface area (Å²) < 4.78 is 1.72. The summed E-state index contributed by atoms with van der Waals surface area (Å²) in [5.74, 6) is 0.720. The van der Waals surface area contributed by atoms with Gasteiger partial charge in [-0.25, -0.2) is 9.97 Å². The molecule has 0 atom stereocenters. The molecule has 3 aromatic rings. The highest BCUT2D eigenvalue weighted by Gasteiger charge is 2.03. The molecular formula is C11H7N3S2. The molecule has 1 N–H and O–H groups in total. The zero-order chi connectivity index (χ0) is 11.0. The molecule has 0 radical (unpaired) electrons. The van der Waals surface area contributed by atoms with Crippen LogP contribution >= 0.6 is 23.6 Å². The second kappa shape index (κ2) is 3.77. The summed E-state index contributed by atoms with van der Waals surface area (Å²) in [5, 5.41) is 0. The van der Waals surface area contributed by atoms with Crippen LogP contribution in [0.25, 0.3) is 21.7 Å². The molecular weight excluding hydrogens is 238 g/mol. The lowest BCUT2D eigenvalue weighted by molar-refractivity contribution is 1.20. The SMILES string of the molecule is S=c1[nH]c2nc(-c3ccccc3)ncc2s1. The molecule has 0 bridgehead atoms. The minimum absolute atomic E-state index is 0.720. The van der Waals surface area contributed by atoms with Crippen molar-refractivity contribution in [2.45, 2.75) is 0 Å². The lowest BCUT2D eigenvalue weighted by atomic mass is 10.2. The first-order valence-corrected chi connectivity index (χ1v) is 5.97. The molecule has 0 spiro atoms. The maximum Gasteiger partial charge on any atom is 0.161 e. The topological polar surface area (TPSA) is 41.6 Å². The Morgan fingerprint density at radius 1 is 1.19 bits per heavy atom. The number of benzene rings is 1. The number of nitrogens with zero attached hydrogens (tertiary/aromatic N) is 2. The van der Waals surface area contributed by atoms with Gasteiger partial charge in [0.1, 0.15) is 0 Å². The summed E-state index contributed by atoms with van der Waals surface area (Å²) in [6, 6.07) is 9.89. The number of nitrogens with one attached hydrogen (secondary N) is 1. The van der Waals surface area contributed by atoms with Gasteiger partial charge in [-0.05, 0) is 12.2 Å². The molecule has 16 heavy (non-hydrogen) atoms. The van der Waals surface area contributed by atoms with Crippen LogP contribution in [0.15, 0.2) is 36.5 Å². The maximum absolute atomic E-state index is 5.07. The van der Waals surface area contributed by atoms with Crippen LogP contribution in [0.4, 0.5) is 0 Å². The van der Waals surface area contributed by atoms with Crippen molar-refractivity contribution in [3.8, 4) is 11.4 Å². The third kappa shape index (κ3) is 1.64. The van der Waals surface area contributed by atoms with Crippen molar-refractivity contribution >= 4 is 33.9 Å². The summed E-state index contributed by atoms with van der Waals surface area (Å²) >= 11 is 6.56. The average molecular weight is 245 g/mol. The van der Waals surface area contributed by atoms with Crippen molar-refractivity contribution in [1.29, 1.82) is 0 Å². The van der Waals surface area contributed by atoms with Crippen LogP contribution < -0.4 is 0 Å². The molecule has 0 fully saturated rings. The lowest BCUT2D eigenvalue weighted by Gasteiger charge is -1.98. The van der Waals surface area contributed by atoms with Crippen LogP contribution in [0.5, 0.6) is 0 Å². The highest BCUT2D eigenvalue weighted by molar-refractivity contribution is 7.73. The molecule has 0 amide bonds. The molecule has 3 rings (SSSR count). The predicted octanol–water partition coefficient (Wildman–Crippen LogP) is 3.42. The number of thiazole rings is 1. The van der Waals surface area contributed by atoms with E-state index in [9.17, 15) is 0 Å². The molecule has 0 saturated carbocycles. The Morgan fingerprint density at radius 2 is 2.00 bits per heavy atom. The molecule has 3 nitrogen and oxygen atoms in total. The first-order chi connectivity index (χ1) is 7.83. The molecule has 2 aromatic heterocycles. The summed E-state index contributed by atoms with van der Waals surface area (Å²) in [6.45, 7) is 0. The number of hydrogen-bond acceptors (Lipinski definition) is 4. The van der Waals surface area contributed by atoms with Gasteiger partial charge in [0.15, 0.2) is 15.4 Å². The minimum Gasteiger partial charge on any atom is -0.321 e. The van der Waals surface area contributed by atoms with E-state index in [1.54, 1.807) is 0 Å². The average Bonchev–Trinajstić information content (AvgIpc) is 2.69. The molecule has 0 saturated heterocycles. The largest absolute Gasteiger partial charge is 0.321 e. The first-order valence-electron chi connectivity index (χ1n) is 4.74. The Balaban J connectivity index is 2.22. The Bertz CT molecular complexity index is 685. The molecule has 0 aliphatic rings. The van der Waals surface area contributed by atoms with E-state index in [4.69, 9.17) is 12.2 Å². The third-order valence-electron chi connectivity index (χ3n) is 2.21. The number of hydrogen-bond donors (Lipinski definition) is 1. The number of aromatic amines is 1. The van der Waals surface area contributed by atoms with Crippen molar-refractivity contribution in [1.82, 2.24) is 15.0 Å². The van der Waals surface area contributed by atoms with Gasteiger partial charge in [0.25, 0.3) is 0 Å². The highest BCUT2D eigenvalue weighted by Crippen LogP contribution is 2.20. The van der Waals surface area contributed by atoms with Crippen LogP contribution in [0.2, 0.25) is 0 Å². The van der Waals surface area contributed by atoms with Gasteiger partial charge >= 0.3 is 0 Å². The highest BCUT2D eigenvalue weighted by atomic mass is 32.1. The summed E-state index contributed by atoms with van der Waals surface area (Å²) in [7, 11) is 0. The van der Waals surface area contributed by atoms with Gasteiger partial charge in [-0.3, -0.25) is 0 Å². The quantitative estimate of drug-likeness (QED) is 0.668. The van der Waals surface area contributed by atoms with E-state index in [-0.39, 0.29) is 0 Å². The van der Waals surface area contributed by atoms with E-state index in [2.05, 4.69) is 15.0 Å². The van der Waals surface area contributed by atoms with Gasteiger partial charge in [-0.15, -0.1) is 11.3 Å². The fourth-order valence-corrected chi connectivity index (χ4v) is 2.50. The minimum atomic E-state index is 0.720. The maximum atomic E-state index is 5.07. The zero-order valence-corrected chi connectivity index (χ0v) is 9.81. The van der Waals surface area contributed by atoms with Gasteiger partial charge in [-0.1, -0.05) is 30.3 Å². The van der Waals surface area contributed by atoms with Crippen molar-refractivity contribution in [2.24, 2.45) is 0 Å². The van der Waals surface area contributed by atoms with E-state index in [0.717, 1.165) is 25.7 Å². The van der Waals surface area contributed by atoms with E-state index >= 15 is 0 Å². The lowest BCUT2D eigenvalue weighted by Crippen LogP contribution is -1.88. The van der Waals surface area contributed by atoms with Gasteiger partial charge < -0.3 is 4.98 Å². The van der Waals surface area contributed by atoms with E-state index in [0.29, 0.717) is 0 Å². The van der Waals surface area contributed by atoms with Gasteiger partial charge in [0.2, 0.25) is 0 Å². The number of aromatic nitrogens is 3. The standard InChI is InChI=1S/C11H7N3S2/c15-11-14-10-8(16-11)6-12-9(13-10)7-4-2-1-3-5-7/h1-6H,(H,12,13,14,15). The monoisotopic (exact) mass is 245 g/mol. The Hall–Kier alpha value is -1.59. The van der Waals surface area contributed by atoms with Crippen LogP contribution in [-0.2, 0) is 0 Å². The molecule has 5 heteroatoms. The first kappa shape index (κ1) is 9.62. The molecule has 0 aliphatic carbocycles. The van der Waals surface area contributed by atoms with Crippen LogP contribution in [-0.4, -0.2) is 15.0 Å². The summed E-state index contributed by atoms with van der Waals surface area (Å²) in [4.78, 5) is 11.8. The van der Waals surface area contributed by atoms with Gasteiger partial charge in [-0.2, -0.15) is 0 Å². The number of fused-ring (bicyclic) bond motifs is 1. The van der Waals surface area contributed by atoms with Crippen LogP contribution in [0.3, 0.4) is 0 Å². The van der Waals surface area contributed by atoms with Crippen molar-refractivity contribution in [3.63, 3.8) is 0 Å². The van der Waals surface area contributed by atoms with Crippen LogP contribution in [0, 0.1) is 3.95 Å². The normalized spacial score (nSPS) is 10.8. The second-order valence-electron chi connectivity index (χ2n) is 3.29. The zero-order valence-electron chi connectivity index (χ0n) is 8.18. The number of H-pyrrole nitrogens is 1. The number of rotatable bonds is 1. The summed E-state index contributed by atoms with van der Waals surface area (Å²) in [6.07, 6.45) is 1.81. The second-order valence-corrected chi connectivity index (χ2v) is 5.01. The molecule has 0 aliphatic heterocycles. The molecule has 1 aromatic carbocycles. The fraction of sp³-hybridized carbons (Fsp3) is 0. The summed E-state index contributed by atoms with van der Waals surface area (Å²) in [5.41, 5.74) is 1.82. The van der Waals surface area contributed by atoms with Gasteiger partial charge in [0.05, 0.1) is 10.9 Å². The Labute approximate surface area is 101 Å². The molecule has 78 valence electrons. The van der Waals surface area contributed by atoms with E-state index in [1.165, 1.54) is 11.3 Å². The van der Waals surface area contributed by atoms with Crippen LogP contribution in [0.1, 0.15) is 0 Å². The molecule has 0 unspecified atom stereocenters. The van der Waals surface area contributed by atoms with Crippen molar-refractivity contribution in [3.05, 3.63) is 40.5 Å². The van der Waals surface area contributed by atoms with E-state index in [1.807, 2.05) is 36.5 Å². The van der Waals surface area contributed by atoms with E-state index < -0.39 is 0 Å².